The first-order valence-corrected chi connectivity index (χ1v) is 5.09. The lowest BCUT2D eigenvalue weighted by Crippen LogP contribution is -2.08. The fourth-order valence-corrected chi connectivity index (χ4v) is 1.46. The van der Waals surface area contributed by atoms with Crippen LogP contribution in [0, 0.1) is 19.3 Å². The average Bonchev–Trinajstić information content (AvgIpc) is 2.23. The molecular weight excluding hydrogens is 186 g/mol. The SMILES string of the molecule is C#CCCOc1c(C)cccc1CNC. The van der Waals surface area contributed by atoms with Gasteiger partial charge in [-0.1, -0.05) is 18.2 Å². The molecule has 0 radical (unpaired) electrons. The van der Waals surface area contributed by atoms with Gasteiger partial charge in [-0.2, -0.15) is 0 Å². The topological polar surface area (TPSA) is 21.3 Å². The Bertz CT molecular complexity index is 352. The van der Waals surface area contributed by atoms with Crippen LogP contribution in [0.5, 0.6) is 5.75 Å². The predicted octanol–water partition coefficient (Wildman–Crippen LogP) is 2.12. The minimum atomic E-state index is 0.581. The molecule has 0 saturated heterocycles. The molecule has 0 aliphatic heterocycles. The van der Waals surface area contributed by atoms with Crippen molar-refractivity contribution in [3.05, 3.63) is 29.3 Å². The second-order valence-corrected chi connectivity index (χ2v) is 3.40. The molecule has 0 spiro atoms. The number of para-hydroxylation sites is 1. The molecule has 0 amide bonds. The fourth-order valence-electron chi connectivity index (χ4n) is 1.46. The first-order valence-electron chi connectivity index (χ1n) is 5.09. The van der Waals surface area contributed by atoms with E-state index in [1.807, 2.05) is 26.1 Å². The average molecular weight is 203 g/mol. The number of hydrogen-bond donors (Lipinski definition) is 1. The summed E-state index contributed by atoms with van der Waals surface area (Å²) in [6.45, 7) is 3.44. The van der Waals surface area contributed by atoms with Gasteiger partial charge in [-0.05, 0) is 19.5 Å². The lowest BCUT2D eigenvalue weighted by molar-refractivity contribution is 0.321. The van der Waals surface area contributed by atoms with Crippen LogP contribution in [0.4, 0.5) is 0 Å². The molecule has 1 aromatic rings. The molecule has 80 valence electrons. The van der Waals surface area contributed by atoms with Crippen LogP contribution >= 0.6 is 0 Å². The fraction of sp³-hybridized carbons (Fsp3) is 0.385. The van der Waals surface area contributed by atoms with Crippen molar-refractivity contribution in [1.82, 2.24) is 5.32 Å². The second kappa shape index (κ2) is 6.10. The van der Waals surface area contributed by atoms with E-state index in [9.17, 15) is 0 Å². The summed E-state index contributed by atoms with van der Waals surface area (Å²) in [5.41, 5.74) is 2.33. The Hall–Kier alpha value is -1.46. The summed E-state index contributed by atoms with van der Waals surface area (Å²) >= 11 is 0. The van der Waals surface area contributed by atoms with E-state index in [-0.39, 0.29) is 0 Å². The van der Waals surface area contributed by atoms with Gasteiger partial charge in [0.05, 0.1) is 6.61 Å². The van der Waals surface area contributed by atoms with Gasteiger partial charge < -0.3 is 10.1 Å². The second-order valence-electron chi connectivity index (χ2n) is 3.40. The third kappa shape index (κ3) is 3.30. The van der Waals surface area contributed by atoms with Crippen LogP contribution in [0.1, 0.15) is 17.5 Å². The first kappa shape index (κ1) is 11.6. The molecule has 0 heterocycles. The summed E-state index contributed by atoms with van der Waals surface area (Å²) in [4.78, 5) is 0. The molecule has 0 aliphatic carbocycles. The summed E-state index contributed by atoms with van der Waals surface area (Å²) in [7, 11) is 1.92. The molecule has 0 bridgehead atoms. The number of ether oxygens (including phenoxy) is 1. The largest absolute Gasteiger partial charge is 0.492 e. The van der Waals surface area contributed by atoms with Crippen molar-refractivity contribution >= 4 is 0 Å². The molecule has 0 aliphatic rings. The third-order valence-electron chi connectivity index (χ3n) is 2.15. The summed E-state index contributed by atoms with van der Waals surface area (Å²) in [5, 5.41) is 3.12. The molecule has 1 rings (SSSR count). The standard InChI is InChI=1S/C13H17NO/c1-4-5-9-15-13-11(2)7-6-8-12(13)10-14-3/h1,6-8,14H,5,9-10H2,2-3H3. The van der Waals surface area contributed by atoms with E-state index in [0.717, 1.165) is 17.9 Å². The minimum absolute atomic E-state index is 0.581. The summed E-state index contributed by atoms with van der Waals surface area (Å²) in [6, 6.07) is 6.15. The molecule has 0 unspecified atom stereocenters. The summed E-state index contributed by atoms with van der Waals surface area (Å²) < 4.78 is 5.68. The third-order valence-corrected chi connectivity index (χ3v) is 2.15. The van der Waals surface area contributed by atoms with Gasteiger partial charge in [-0.3, -0.25) is 0 Å². The van der Waals surface area contributed by atoms with Crippen LogP contribution in [0.2, 0.25) is 0 Å². The minimum Gasteiger partial charge on any atom is -0.492 e. The number of aryl methyl sites for hydroxylation is 1. The van der Waals surface area contributed by atoms with E-state index >= 15 is 0 Å². The lowest BCUT2D eigenvalue weighted by atomic mass is 10.1. The van der Waals surface area contributed by atoms with Gasteiger partial charge in [0.2, 0.25) is 0 Å². The maximum Gasteiger partial charge on any atom is 0.126 e. The molecule has 0 fully saturated rings. The zero-order valence-corrected chi connectivity index (χ0v) is 9.34. The molecular formula is C13H17NO. The molecule has 1 N–H and O–H groups in total. The first-order chi connectivity index (χ1) is 7.29. The van der Waals surface area contributed by atoms with E-state index in [1.165, 1.54) is 5.56 Å². The van der Waals surface area contributed by atoms with Crippen LogP contribution in [-0.2, 0) is 6.54 Å². The van der Waals surface area contributed by atoms with Crippen LogP contribution in [-0.4, -0.2) is 13.7 Å². The van der Waals surface area contributed by atoms with Crippen molar-refractivity contribution < 1.29 is 4.74 Å². The number of benzene rings is 1. The van der Waals surface area contributed by atoms with Gasteiger partial charge in [-0.15, -0.1) is 12.3 Å². The van der Waals surface area contributed by atoms with Crippen molar-refractivity contribution in [1.29, 1.82) is 0 Å². The molecule has 2 heteroatoms. The van der Waals surface area contributed by atoms with E-state index in [4.69, 9.17) is 11.2 Å². The Morgan fingerprint density at radius 1 is 1.47 bits per heavy atom. The summed E-state index contributed by atoms with van der Waals surface area (Å²) in [5.74, 6) is 3.53. The van der Waals surface area contributed by atoms with E-state index in [2.05, 4.69) is 17.3 Å². The van der Waals surface area contributed by atoms with Gasteiger partial charge >= 0.3 is 0 Å². The Balaban J connectivity index is 2.78. The van der Waals surface area contributed by atoms with Crippen molar-refractivity contribution in [2.75, 3.05) is 13.7 Å². The highest BCUT2D eigenvalue weighted by molar-refractivity contribution is 5.40. The van der Waals surface area contributed by atoms with Gasteiger partial charge in [0.1, 0.15) is 5.75 Å². The highest BCUT2D eigenvalue weighted by Gasteiger charge is 2.05. The number of rotatable bonds is 5. The Morgan fingerprint density at radius 2 is 2.27 bits per heavy atom. The maximum absolute atomic E-state index is 5.68. The van der Waals surface area contributed by atoms with Crippen molar-refractivity contribution in [2.45, 2.75) is 19.9 Å². The van der Waals surface area contributed by atoms with Crippen molar-refractivity contribution in [2.24, 2.45) is 0 Å². The molecule has 15 heavy (non-hydrogen) atoms. The maximum atomic E-state index is 5.68. The van der Waals surface area contributed by atoms with Gasteiger partial charge in [0.25, 0.3) is 0 Å². The number of hydrogen-bond acceptors (Lipinski definition) is 2. The predicted molar refractivity (Wildman–Crippen MR) is 62.9 cm³/mol. The quantitative estimate of drug-likeness (QED) is 0.584. The van der Waals surface area contributed by atoms with Gasteiger partial charge in [-0.25, -0.2) is 0 Å². The van der Waals surface area contributed by atoms with Crippen LogP contribution in [0.3, 0.4) is 0 Å². The molecule has 2 nitrogen and oxygen atoms in total. The number of terminal acetylenes is 1. The normalized spacial score (nSPS) is 9.67. The van der Waals surface area contributed by atoms with Crippen molar-refractivity contribution in [3.8, 4) is 18.1 Å². The van der Waals surface area contributed by atoms with Gasteiger partial charge in [0, 0.05) is 18.5 Å². The lowest BCUT2D eigenvalue weighted by Gasteiger charge is -2.13. The van der Waals surface area contributed by atoms with Gasteiger partial charge in [0.15, 0.2) is 0 Å². The highest BCUT2D eigenvalue weighted by atomic mass is 16.5. The zero-order chi connectivity index (χ0) is 11.1. The summed E-state index contributed by atoms with van der Waals surface area (Å²) in [6.07, 6.45) is 5.83. The van der Waals surface area contributed by atoms with Crippen LogP contribution < -0.4 is 10.1 Å². The van der Waals surface area contributed by atoms with Crippen LogP contribution in [0.15, 0.2) is 18.2 Å². The zero-order valence-electron chi connectivity index (χ0n) is 9.34. The van der Waals surface area contributed by atoms with E-state index in [1.54, 1.807) is 0 Å². The van der Waals surface area contributed by atoms with Crippen LogP contribution in [0.25, 0.3) is 0 Å². The molecule has 0 aromatic heterocycles. The number of nitrogens with one attached hydrogen (secondary N) is 1. The smallest absolute Gasteiger partial charge is 0.126 e. The Kier molecular flexibility index (Phi) is 4.73. The monoisotopic (exact) mass is 203 g/mol. The Morgan fingerprint density at radius 3 is 2.93 bits per heavy atom. The highest BCUT2D eigenvalue weighted by Crippen LogP contribution is 2.23. The molecule has 0 saturated carbocycles. The Labute approximate surface area is 91.6 Å². The van der Waals surface area contributed by atoms with E-state index in [0.29, 0.717) is 13.0 Å². The molecule has 1 aromatic carbocycles. The van der Waals surface area contributed by atoms with E-state index < -0.39 is 0 Å². The van der Waals surface area contributed by atoms with Crippen molar-refractivity contribution in [3.63, 3.8) is 0 Å². The molecule has 0 atom stereocenters.